The van der Waals surface area contributed by atoms with Crippen LogP contribution < -0.4 is 5.32 Å². The average Bonchev–Trinajstić information content (AvgIpc) is 2.68. The lowest BCUT2D eigenvalue weighted by Gasteiger charge is -2.34. The molecule has 4 heteroatoms. The molecule has 0 spiro atoms. The summed E-state index contributed by atoms with van der Waals surface area (Å²) in [6, 6.07) is 18.9. The third kappa shape index (κ3) is 5.33. The summed E-state index contributed by atoms with van der Waals surface area (Å²) in [7, 11) is 0. The van der Waals surface area contributed by atoms with E-state index in [2.05, 4.69) is 59.6 Å². The molecule has 0 atom stereocenters. The van der Waals surface area contributed by atoms with E-state index in [1.165, 1.54) is 23.1 Å². The molecule has 3 rings (SSSR count). The van der Waals surface area contributed by atoms with Crippen molar-refractivity contribution in [3.05, 3.63) is 71.3 Å². The maximum absolute atomic E-state index is 12.4. The lowest BCUT2D eigenvalue weighted by Crippen LogP contribution is -2.51. The normalized spacial score (nSPS) is 15.0. The minimum atomic E-state index is 0.0530. The third-order valence-electron chi connectivity index (χ3n) is 5.13. The minimum absolute atomic E-state index is 0.0530. The zero-order valence-corrected chi connectivity index (χ0v) is 15.7. The number of carbonyl (C=O) groups excluding carboxylic acids is 1. The van der Waals surface area contributed by atoms with E-state index >= 15 is 0 Å². The Balaban J connectivity index is 1.35. The van der Waals surface area contributed by atoms with Crippen molar-refractivity contribution in [3.63, 3.8) is 0 Å². The minimum Gasteiger partial charge on any atom is -0.334 e. The van der Waals surface area contributed by atoms with Crippen molar-refractivity contribution in [3.8, 4) is 0 Å². The average molecular weight is 351 g/mol. The van der Waals surface area contributed by atoms with E-state index in [4.69, 9.17) is 0 Å². The molecule has 2 amide bonds. The molecular weight excluding hydrogens is 322 g/mol. The summed E-state index contributed by atoms with van der Waals surface area (Å²) < 4.78 is 0. The maximum Gasteiger partial charge on any atom is 0.317 e. The van der Waals surface area contributed by atoms with Gasteiger partial charge in [-0.1, -0.05) is 54.6 Å². The molecule has 2 aromatic carbocycles. The monoisotopic (exact) mass is 351 g/mol. The molecule has 1 fully saturated rings. The summed E-state index contributed by atoms with van der Waals surface area (Å²) in [5.74, 6) is 0. The van der Waals surface area contributed by atoms with Gasteiger partial charge in [0.2, 0.25) is 0 Å². The molecule has 1 saturated heterocycles. The molecule has 0 bridgehead atoms. The van der Waals surface area contributed by atoms with Crippen LogP contribution in [0.2, 0.25) is 0 Å². The van der Waals surface area contributed by atoms with Gasteiger partial charge < -0.3 is 10.2 Å². The number of hydrogen-bond acceptors (Lipinski definition) is 2. The predicted octanol–water partition coefficient (Wildman–Crippen LogP) is 3.46. The van der Waals surface area contributed by atoms with Crippen LogP contribution in [0.5, 0.6) is 0 Å². The van der Waals surface area contributed by atoms with E-state index in [1.54, 1.807) is 0 Å². The van der Waals surface area contributed by atoms with Gasteiger partial charge in [0.05, 0.1) is 0 Å². The van der Waals surface area contributed by atoms with Gasteiger partial charge in [0.25, 0.3) is 0 Å². The quantitative estimate of drug-likeness (QED) is 0.865. The first-order valence-corrected chi connectivity index (χ1v) is 9.56. The summed E-state index contributed by atoms with van der Waals surface area (Å²) >= 11 is 0. The van der Waals surface area contributed by atoms with Crippen molar-refractivity contribution < 1.29 is 4.79 Å². The highest BCUT2D eigenvalue weighted by Gasteiger charge is 2.20. The molecule has 1 heterocycles. The zero-order valence-electron chi connectivity index (χ0n) is 15.7. The molecule has 0 aliphatic carbocycles. The molecule has 0 saturated carbocycles. The fraction of sp³-hybridized carbons (Fsp3) is 0.409. The first-order chi connectivity index (χ1) is 12.7. The van der Waals surface area contributed by atoms with Gasteiger partial charge in [-0.3, -0.25) is 4.90 Å². The van der Waals surface area contributed by atoms with Crippen molar-refractivity contribution in [1.82, 2.24) is 15.1 Å². The second-order valence-corrected chi connectivity index (χ2v) is 7.00. The Hall–Kier alpha value is -2.33. The number of rotatable bonds is 6. The van der Waals surface area contributed by atoms with Crippen molar-refractivity contribution in [2.24, 2.45) is 0 Å². The molecule has 26 heavy (non-hydrogen) atoms. The zero-order chi connectivity index (χ0) is 18.2. The molecular formula is C22H29N3O. The van der Waals surface area contributed by atoms with Crippen LogP contribution in [0.3, 0.4) is 0 Å². The second kappa shape index (κ2) is 9.39. The van der Waals surface area contributed by atoms with E-state index in [1.807, 2.05) is 17.0 Å². The Morgan fingerprint density at radius 1 is 0.962 bits per heavy atom. The Kier molecular flexibility index (Phi) is 6.67. The van der Waals surface area contributed by atoms with Crippen LogP contribution in [0.15, 0.2) is 54.6 Å². The van der Waals surface area contributed by atoms with Gasteiger partial charge in [0.1, 0.15) is 0 Å². The highest BCUT2D eigenvalue weighted by molar-refractivity contribution is 5.74. The smallest absolute Gasteiger partial charge is 0.317 e. The van der Waals surface area contributed by atoms with Crippen LogP contribution in [0.25, 0.3) is 0 Å². The Labute approximate surface area is 156 Å². The molecule has 1 aliphatic rings. The van der Waals surface area contributed by atoms with E-state index in [0.29, 0.717) is 6.54 Å². The van der Waals surface area contributed by atoms with E-state index in [-0.39, 0.29) is 6.03 Å². The molecule has 0 unspecified atom stereocenters. The molecule has 0 radical (unpaired) electrons. The standard InChI is InChI=1S/C22H29N3O/c1-19-8-5-6-12-21(19)18-23-22(26)25-16-14-24(15-17-25)13-7-11-20-9-3-2-4-10-20/h2-6,8-10,12H,7,11,13-18H2,1H3,(H,23,26). The molecule has 4 nitrogen and oxygen atoms in total. The fourth-order valence-corrected chi connectivity index (χ4v) is 3.42. The van der Waals surface area contributed by atoms with Crippen molar-refractivity contribution in [2.45, 2.75) is 26.3 Å². The van der Waals surface area contributed by atoms with Crippen molar-refractivity contribution in [1.29, 1.82) is 0 Å². The first-order valence-electron chi connectivity index (χ1n) is 9.56. The van der Waals surface area contributed by atoms with Crippen LogP contribution in [-0.4, -0.2) is 48.6 Å². The first kappa shape index (κ1) is 18.5. The van der Waals surface area contributed by atoms with Crippen LogP contribution in [0, 0.1) is 6.92 Å². The molecule has 0 aromatic heterocycles. The Morgan fingerprint density at radius 2 is 1.65 bits per heavy atom. The van der Waals surface area contributed by atoms with Crippen LogP contribution >= 0.6 is 0 Å². The highest BCUT2D eigenvalue weighted by Crippen LogP contribution is 2.09. The summed E-state index contributed by atoms with van der Waals surface area (Å²) in [5, 5.41) is 3.06. The van der Waals surface area contributed by atoms with Crippen molar-refractivity contribution in [2.75, 3.05) is 32.7 Å². The highest BCUT2D eigenvalue weighted by atomic mass is 16.2. The van der Waals surface area contributed by atoms with Crippen LogP contribution in [0.1, 0.15) is 23.1 Å². The van der Waals surface area contributed by atoms with Gasteiger partial charge in [0.15, 0.2) is 0 Å². The molecule has 1 N–H and O–H groups in total. The number of nitrogens with zero attached hydrogens (tertiary/aromatic N) is 2. The van der Waals surface area contributed by atoms with E-state index in [9.17, 15) is 4.79 Å². The van der Waals surface area contributed by atoms with Crippen molar-refractivity contribution >= 4 is 6.03 Å². The van der Waals surface area contributed by atoms with Gasteiger partial charge in [-0.25, -0.2) is 4.79 Å². The topological polar surface area (TPSA) is 35.6 Å². The number of amides is 2. The van der Waals surface area contributed by atoms with E-state index < -0.39 is 0 Å². The number of nitrogens with one attached hydrogen (secondary N) is 1. The predicted molar refractivity (Wildman–Crippen MR) is 106 cm³/mol. The van der Waals surface area contributed by atoms with Gasteiger partial charge in [-0.2, -0.15) is 0 Å². The number of aryl methyl sites for hydroxylation is 2. The van der Waals surface area contributed by atoms with E-state index in [0.717, 1.165) is 39.1 Å². The summed E-state index contributed by atoms with van der Waals surface area (Å²) in [6.07, 6.45) is 2.29. The lowest BCUT2D eigenvalue weighted by molar-refractivity contribution is 0.138. The van der Waals surface area contributed by atoms with Gasteiger partial charge in [-0.15, -0.1) is 0 Å². The maximum atomic E-state index is 12.4. The van der Waals surface area contributed by atoms with Gasteiger partial charge in [-0.05, 0) is 43.0 Å². The number of carbonyl (C=O) groups is 1. The lowest BCUT2D eigenvalue weighted by atomic mass is 10.1. The molecule has 2 aromatic rings. The number of benzene rings is 2. The van der Waals surface area contributed by atoms with Gasteiger partial charge >= 0.3 is 6.03 Å². The summed E-state index contributed by atoms with van der Waals surface area (Å²) in [6.45, 7) is 7.33. The second-order valence-electron chi connectivity index (χ2n) is 7.00. The fourth-order valence-electron chi connectivity index (χ4n) is 3.42. The Bertz CT molecular complexity index is 694. The SMILES string of the molecule is Cc1ccccc1CNC(=O)N1CCN(CCCc2ccccc2)CC1. The number of hydrogen-bond donors (Lipinski definition) is 1. The largest absolute Gasteiger partial charge is 0.334 e. The Morgan fingerprint density at radius 3 is 2.38 bits per heavy atom. The van der Waals surface area contributed by atoms with Crippen LogP contribution in [-0.2, 0) is 13.0 Å². The summed E-state index contributed by atoms with van der Waals surface area (Å²) in [4.78, 5) is 16.8. The molecule has 138 valence electrons. The van der Waals surface area contributed by atoms with Crippen LogP contribution in [0.4, 0.5) is 4.79 Å². The summed E-state index contributed by atoms with van der Waals surface area (Å²) in [5.41, 5.74) is 3.80. The molecule has 1 aliphatic heterocycles. The number of urea groups is 1. The van der Waals surface area contributed by atoms with Gasteiger partial charge in [0, 0.05) is 32.7 Å². The third-order valence-corrected chi connectivity index (χ3v) is 5.13. The number of piperazine rings is 1.